The molecule has 1 saturated heterocycles. The van der Waals surface area contributed by atoms with Crippen LogP contribution in [-0.4, -0.2) is 50.6 Å². The fourth-order valence-corrected chi connectivity index (χ4v) is 3.40. The largest absolute Gasteiger partial charge is 0.353 e. The predicted molar refractivity (Wildman–Crippen MR) is 79.6 cm³/mol. The Morgan fingerprint density at radius 3 is 2.30 bits per heavy atom. The lowest BCUT2D eigenvalue weighted by molar-refractivity contribution is -0.126. The van der Waals surface area contributed by atoms with E-state index in [0.717, 1.165) is 6.42 Å². The van der Waals surface area contributed by atoms with E-state index in [4.69, 9.17) is 5.73 Å². The number of sulfonamides is 1. The van der Waals surface area contributed by atoms with E-state index in [1.807, 2.05) is 0 Å². The van der Waals surface area contributed by atoms with Gasteiger partial charge in [0.25, 0.3) is 0 Å². The van der Waals surface area contributed by atoms with Crippen LogP contribution >= 0.6 is 0 Å². The maximum Gasteiger partial charge on any atom is 0.224 e. The summed E-state index contributed by atoms with van der Waals surface area (Å²) in [5.74, 6) is 0.281. The maximum absolute atomic E-state index is 12.1. The first-order valence-electron chi connectivity index (χ1n) is 7.19. The third kappa shape index (κ3) is 5.38. The fraction of sp³-hybridized carbons (Fsp3) is 0.923. The Balaban J connectivity index is 2.45. The van der Waals surface area contributed by atoms with Gasteiger partial charge in [-0.3, -0.25) is 4.79 Å². The molecule has 1 heterocycles. The highest BCUT2D eigenvalue weighted by atomic mass is 32.2. The number of amides is 1. The molecule has 0 bridgehead atoms. The number of piperidine rings is 1. The molecule has 118 valence electrons. The highest BCUT2D eigenvalue weighted by Gasteiger charge is 2.27. The van der Waals surface area contributed by atoms with Gasteiger partial charge in [-0.15, -0.1) is 0 Å². The van der Waals surface area contributed by atoms with Crippen molar-refractivity contribution >= 4 is 15.9 Å². The van der Waals surface area contributed by atoms with Crippen LogP contribution in [0.1, 0.15) is 33.1 Å². The van der Waals surface area contributed by atoms with Crippen molar-refractivity contribution in [3.8, 4) is 0 Å². The smallest absolute Gasteiger partial charge is 0.224 e. The van der Waals surface area contributed by atoms with Crippen molar-refractivity contribution in [1.82, 2.24) is 9.62 Å². The van der Waals surface area contributed by atoms with Crippen LogP contribution in [0.3, 0.4) is 0 Å². The second-order valence-corrected chi connectivity index (χ2v) is 7.99. The normalized spacial score (nSPS) is 20.1. The zero-order chi connectivity index (χ0) is 15.3. The molecule has 0 aromatic rings. The van der Waals surface area contributed by atoms with E-state index in [1.54, 1.807) is 0 Å². The molecule has 20 heavy (non-hydrogen) atoms. The number of nitrogens with one attached hydrogen (secondary N) is 1. The lowest BCUT2D eigenvalue weighted by Gasteiger charge is -2.31. The van der Waals surface area contributed by atoms with Crippen molar-refractivity contribution in [3.63, 3.8) is 0 Å². The summed E-state index contributed by atoms with van der Waals surface area (Å²) in [6, 6.07) is 0.0571. The van der Waals surface area contributed by atoms with E-state index in [0.29, 0.717) is 38.4 Å². The number of hydrogen-bond donors (Lipinski definition) is 2. The molecule has 0 aliphatic carbocycles. The van der Waals surface area contributed by atoms with E-state index >= 15 is 0 Å². The van der Waals surface area contributed by atoms with Gasteiger partial charge in [0.15, 0.2) is 0 Å². The van der Waals surface area contributed by atoms with Crippen molar-refractivity contribution in [2.75, 3.05) is 25.9 Å². The highest BCUT2D eigenvalue weighted by molar-refractivity contribution is 7.88. The molecule has 6 nitrogen and oxygen atoms in total. The van der Waals surface area contributed by atoms with E-state index in [9.17, 15) is 13.2 Å². The molecular formula is C13H27N3O3S. The summed E-state index contributed by atoms with van der Waals surface area (Å²) in [6.07, 6.45) is 3.33. The Kier molecular flexibility index (Phi) is 6.42. The summed E-state index contributed by atoms with van der Waals surface area (Å²) >= 11 is 0. The summed E-state index contributed by atoms with van der Waals surface area (Å²) in [5.41, 5.74) is 5.66. The van der Waals surface area contributed by atoms with Crippen LogP contribution in [-0.2, 0) is 14.8 Å². The minimum atomic E-state index is -3.11. The lowest BCUT2D eigenvalue weighted by atomic mass is 9.95. The lowest BCUT2D eigenvalue weighted by Crippen LogP contribution is -2.48. The van der Waals surface area contributed by atoms with E-state index in [2.05, 4.69) is 19.2 Å². The molecule has 1 unspecified atom stereocenters. The van der Waals surface area contributed by atoms with Crippen molar-refractivity contribution in [3.05, 3.63) is 0 Å². The van der Waals surface area contributed by atoms with Crippen LogP contribution in [0.4, 0.5) is 0 Å². The van der Waals surface area contributed by atoms with Gasteiger partial charge in [-0.05, 0) is 25.2 Å². The molecule has 1 aliphatic rings. The van der Waals surface area contributed by atoms with Gasteiger partial charge in [0, 0.05) is 25.7 Å². The summed E-state index contributed by atoms with van der Waals surface area (Å²) < 4.78 is 24.3. The number of nitrogens with two attached hydrogens (primary N) is 1. The van der Waals surface area contributed by atoms with Gasteiger partial charge in [0.2, 0.25) is 15.9 Å². The predicted octanol–water partition coefficient (Wildman–Crippen LogP) is 0.148. The molecular weight excluding hydrogens is 278 g/mol. The van der Waals surface area contributed by atoms with Gasteiger partial charge < -0.3 is 11.1 Å². The molecule has 1 atom stereocenters. The average molecular weight is 305 g/mol. The Labute approximate surface area is 122 Å². The minimum Gasteiger partial charge on any atom is -0.353 e. The molecule has 0 saturated carbocycles. The molecule has 1 amide bonds. The van der Waals surface area contributed by atoms with Crippen LogP contribution in [0.5, 0.6) is 0 Å². The topological polar surface area (TPSA) is 92.5 Å². The first-order chi connectivity index (χ1) is 9.24. The van der Waals surface area contributed by atoms with Gasteiger partial charge in [-0.1, -0.05) is 13.8 Å². The van der Waals surface area contributed by atoms with Crippen LogP contribution in [0, 0.1) is 11.8 Å². The molecule has 3 N–H and O–H groups in total. The van der Waals surface area contributed by atoms with Gasteiger partial charge in [0.05, 0.1) is 12.2 Å². The summed E-state index contributed by atoms with van der Waals surface area (Å²) in [6.45, 7) is 5.44. The van der Waals surface area contributed by atoms with Gasteiger partial charge in [-0.25, -0.2) is 12.7 Å². The quantitative estimate of drug-likeness (QED) is 0.730. The van der Waals surface area contributed by atoms with Crippen LogP contribution < -0.4 is 11.1 Å². The first-order valence-corrected chi connectivity index (χ1v) is 9.04. The second-order valence-electron chi connectivity index (χ2n) is 6.01. The molecule has 0 aromatic heterocycles. The van der Waals surface area contributed by atoms with Gasteiger partial charge in [0.1, 0.15) is 0 Å². The Hall–Kier alpha value is -0.660. The number of hydrogen-bond acceptors (Lipinski definition) is 4. The van der Waals surface area contributed by atoms with Crippen LogP contribution in [0.25, 0.3) is 0 Å². The van der Waals surface area contributed by atoms with Crippen LogP contribution in [0.2, 0.25) is 0 Å². The molecule has 0 spiro atoms. The number of carbonyl (C=O) groups is 1. The Morgan fingerprint density at radius 1 is 1.35 bits per heavy atom. The van der Waals surface area contributed by atoms with Crippen molar-refractivity contribution in [2.24, 2.45) is 17.6 Å². The summed E-state index contributed by atoms with van der Waals surface area (Å²) in [4.78, 5) is 12.1. The SMILES string of the molecule is CC(C)CC(CN)C(=O)NC1CCN(S(C)(=O)=O)CC1. The summed E-state index contributed by atoms with van der Waals surface area (Å²) in [7, 11) is -3.11. The first kappa shape index (κ1) is 17.4. The van der Waals surface area contributed by atoms with Crippen molar-refractivity contribution in [1.29, 1.82) is 0 Å². The number of rotatable bonds is 6. The minimum absolute atomic E-state index is 0.000921. The third-order valence-electron chi connectivity index (χ3n) is 3.68. The molecule has 0 radical (unpaired) electrons. The fourth-order valence-electron chi connectivity index (χ4n) is 2.53. The zero-order valence-electron chi connectivity index (χ0n) is 12.6. The molecule has 1 aliphatic heterocycles. The average Bonchev–Trinajstić information content (AvgIpc) is 2.35. The van der Waals surface area contributed by atoms with E-state index in [-0.39, 0.29) is 17.9 Å². The highest BCUT2D eigenvalue weighted by Crippen LogP contribution is 2.15. The molecule has 7 heteroatoms. The second kappa shape index (κ2) is 7.38. The van der Waals surface area contributed by atoms with E-state index in [1.165, 1.54) is 10.6 Å². The molecule has 1 rings (SSSR count). The Bertz CT molecular complexity index is 415. The molecule has 1 fully saturated rings. The number of carbonyl (C=O) groups excluding carboxylic acids is 1. The Morgan fingerprint density at radius 2 is 1.90 bits per heavy atom. The summed E-state index contributed by atoms with van der Waals surface area (Å²) in [5, 5.41) is 3.01. The van der Waals surface area contributed by atoms with Gasteiger partial charge in [-0.2, -0.15) is 0 Å². The standard InChI is InChI=1S/C13H27N3O3S/c1-10(2)8-11(9-14)13(17)15-12-4-6-16(7-5-12)20(3,18)19/h10-12H,4-9,14H2,1-3H3,(H,15,17). The van der Waals surface area contributed by atoms with Crippen molar-refractivity contribution in [2.45, 2.75) is 39.2 Å². The zero-order valence-corrected chi connectivity index (χ0v) is 13.4. The third-order valence-corrected chi connectivity index (χ3v) is 4.98. The monoisotopic (exact) mass is 305 g/mol. The van der Waals surface area contributed by atoms with Crippen molar-refractivity contribution < 1.29 is 13.2 Å². The maximum atomic E-state index is 12.1. The molecule has 0 aromatic carbocycles. The van der Waals surface area contributed by atoms with Gasteiger partial charge >= 0.3 is 0 Å². The van der Waals surface area contributed by atoms with E-state index < -0.39 is 10.0 Å². The van der Waals surface area contributed by atoms with Crippen LogP contribution in [0.15, 0.2) is 0 Å². The number of nitrogens with zero attached hydrogens (tertiary/aromatic N) is 1.